The number of aliphatic carboxylic acids is 1. The van der Waals surface area contributed by atoms with Crippen molar-refractivity contribution in [2.24, 2.45) is 0 Å². The first-order chi connectivity index (χ1) is 13.2. The van der Waals surface area contributed by atoms with Gasteiger partial charge in [-0.3, -0.25) is 0 Å². The molecule has 4 N–H and O–H groups in total. The number of rotatable bonds is 4. The van der Waals surface area contributed by atoms with Gasteiger partial charge in [-0.15, -0.1) is 10.2 Å². The number of carbonyl (C=O) groups is 1. The summed E-state index contributed by atoms with van der Waals surface area (Å²) in [7, 11) is 0. The largest absolute Gasteiger partial charge is 0.490 e. The van der Waals surface area contributed by atoms with E-state index in [4.69, 9.17) is 9.90 Å². The molecule has 0 bridgehead atoms. The second-order valence-corrected chi connectivity index (χ2v) is 7.08. The van der Waals surface area contributed by atoms with E-state index in [9.17, 15) is 13.2 Å². The van der Waals surface area contributed by atoms with Gasteiger partial charge >= 0.3 is 12.1 Å². The number of hydrogen-bond acceptors (Lipinski definition) is 8. The van der Waals surface area contributed by atoms with E-state index < -0.39 is 12.1 Å². The zero-order valence-corrected chi connectivity index (χ0v) is 15.4. The number of carboxylic acids is 1. The van der Waals surface area contributed by atoms with E-state index in [1.165, 1.54) is 0 Å². The number of H-pyrrole nitrogens is 1. The van der Waals surface area contributed by atoms with E-state index in [1.807, 2.05) is 13.0 Å². The van der Waals surface area contributed by atoms with Gasteiger partial charge in [0.15, 0.2) is 0 Å². The van der Waals surface area contributed by atoms with E-state index in [0.29, 0.717) is 12.5 Å². The van der Waals surface area contributed by atoms with Gasteiger partial charge in [0.2, 0.25) is 0 Å². The SMILES string of the molecule is Cc1cc2c(NCc3nnc(C4CNC4)s3)ncnc2[nH]1.O=C(O)C(F)(F)F. The van der Waals surface area contributed by atoms with Gasteiger partial charge in [0.25, 0.3) is 0 Å². The number of aromatic nitrogens is 5. The van der Waals surface area contributed by atoms with E-state index in [0.717, 1.165) is 45.6 Å². The molecule has 0 spiro atoms. The molecule has 1 fully saturated rings. The number of alkyl halides is 3. The van der Waals surface area contributed by atoms with Crippen LogP contribution in [0.2, 0.25) is 0 Å². The third kappa shape index (κ3) is 4.72. The number of halogens is 3. The van der Waals surface area contributed by atoms with Gasteiger partial charge in [-0.2, -0.15) is 13.2 Å². The molecule has 150 valence electrons. The lowest BCUT2D eigenvalue weighted by molar-refractivity contribution is -0.192. The Morgan fingerprint density at radius 3 is 2.68 bits per heavy atom. The molecule has 0 aromatic carbocycles. The van der Waals surface area contributed by atoms with Crippen LogP contribution in [-0.4, -0.2) is 55.5 Å². The Morgan fingerprint density at radius 1 is 1.36 bits per heavy atom. The summed E-state index contributed by atoms with van der Waals surface area (Å²) in [6.45, 7) is 4.66. The molecular weight excluding hydrogens is 399 g/mol. The molecule has 3 aromatic heterocycles. The number of carboxylic acid groups (broad SMARTS) is 1. The summed E-state index contributed by atoms with van der Waals surface area (Å²) in [4.78, 5) is 20.6. The summed E-state index contributed by atoms with van der Waals surface area (Å²) in [6.07, 6.45) is -3.52. The molecule has 0 radical (unpaired) electrons. The highest BCUT2D eigenvalue weighted by atomic mass is 32.1. The molecule has 13 heteroatoms. The number of aromatic amines is 1. The topological polar surface area (TPSA) is 129 Å². The number of nitrogens with one attached hydrogen (secondary N) is 3. The average Bonchev–Trinajstić information content (AvgIpc) is 3.16. The summed E-state index contributed by atoms with van der Waals surface area (Å²) in [5.74, 6) is -1.40. The molecule has 0 atom stereocenters. The van der Waals surface area contributed by atoms with Crippen molar-refractivity contribution < 1.29 is 23.1 Å². The highest BCUT2D eigenvalue weighted by molar-refractivity contribution is 7.11. The van der Waals surface area contributed by atoms with Crippen LogP contribution < -0.4 is 10.6 Å². The summed E-state index contributed by atoms with van der Waals surface area (Å²) < 4.78 is 31.7. The molecule has 0 unspecified atom stereocenters. The zero-order chi connectivity index (χ0) is 20.3. The number of nitrogens with zero attached hydrogens (tertiary/aromatic N) is 4. The van der Waals surface area contributed by atoms with Crippen molar-refractivity contribution >= 4 is 34.2 Å². The number of fused-ring (bicyclic) bond motifs is 1. The van der Waals surface area contributed by atoms with Gasteiger partial charge in [0.1, 0.15) is 27.8 Å². The van der Waals surface area contributed by atoms with Gasteiger partial charge in [0.05, 0.1) is 11.9 Å². The highest BCUT2D eigenvalue weighted by Gasteiger charge is 2.38. The van der Waals surface area contributed by atoms with Crippen LogP contribution in [0.15, 0.2) is 12.4 Å². The van der Waals surface area contributed by atoms with Crippen LogP contribution in [0.1, 0.15) is 21.6 Å². The van der Waals surface area contributed by atoms with E-state index in [-0.39, 0.29) is 0 Å². The van der Waals surface area contributed by atoms with Crippen LogP contribution in [0.4, 0.5) is 19.0 Å². The fraction of sp³-hybridized carbons (Fsp3) is 0.400. The first kappa shape index (κ1) is 19.9. The predicted octanol–water partition coefficient (Wildman–Crippen LogP) is 2.05. The smallest absolute Gasteiger partial charge is 0.475 e. The molecule has 4 rings (SSSR count). The number of aryl methyl sites for hydroxylation is 1. The Bertz CT molecular complexity index is 968. The third-order valence-electron chi connectivity index (χ3n) is 3.82. The summed E-state index contributed by atoms with van der Waals surface area (Å²) in [6, 6.07) is 2.04. The van der Waals surface area contributed by atoms with Gasteiger partial charge in [-0.1, -0.05) is 11.3 Å². The lowest BCUT2D eigenvalue weighted by atomic mass is 10.1. The molecular formula is C15H16F3N7O2S. The van der Waals surface area contributed by atoms with Crippen LogP contribution in [0.3, 0.4) is 0 Å². The molecule has 1 saturated heterocycles. The summed E-state index contributed by atoms with van der Waals surface area (Å²) in [5, 5.41) is 25.3. The molecule has 0 amide bonds. The first-order valence-corrected chi connectivity index (χ1v) is 8.93. The Morgan fingerprint density at radius 2 is 2.07 bits per heavy atom. The molecule has 0 saturated carbocycles. The van der Waals surface area contributed by atoms with Crippen molar-refractivity contribution in [2.45, 2.75) is 25.6 Å². The van der Waals surface area contributed by atoms with Gasteiger partial charge in [0, 0.05) is 24.7 Å². The Balaban J connectivity index is 0.000000279. The third-order valence-corrected chi connectivity index (χ3v) is 4.91. The molecule has 1 aliphatic heterocycles. The van der Waals surface area contributed by atoms with E-state index in [2.05, 4.69) is 35.8 Å². The van der Waals surface area contributed by atoms with Crippen molar-refractivity contribution in [2.75, 3.05) is 18.4 Å². The highest BCUT2D eigenvalue weighted by Crippen LogP contribution is 2.25. The second kappa shape index (κ2) is 8.06. The maximum absolute atomic E-state index is 10.6. The Labute approximate surface area is 160 Å². The molecule has 28 heavy (non-hydrogen) atoms. The van der Waals surface area contributed by atoms with Crippen molar-refractivity contribution in [1.29, 1.82) is 0 Å². The molecule has 4 heterocycles. The molecule has 1 aliphatic rings. The quantitative estimate of drug-likeness (QED) is 0.510. The fourth-order valence-electron chi connectivity index (χ4n) is 2.34. The Hall–Kier alpha value is -2.80. The molecule has 9 nitrogen and oxygen atoms in total. The normalized spacial score (nSPS) is 14.3. The van der Waals surface area contributed by atoms with Crippen molar-refractivity contribution in [3.05, 3.63) is 28.1 Å². The fourth-order valence-corrected chi connectivity index (χ4v) is 3.22. The second-order valence-electron chi connectivity index (χ2n) is 5.98. The average molecular weight is 415 g/mol. The lowest BCUT2D eigenvalue weighted by Crippen LogP contribution is -2.39. The Kier molecular flexibility index (Phi) is 5.74. The summed E-state index contributed by atoms with van der Waals surface area (Å²) in [5.41, 5.74) is 1.92. The van der Waals surface area contributed by atoms with Gasteiger partial charge in [-0.25, -0.2) is 14.8 Å². The molecule has 0 aliphatic carbocycles. The van der Waals surface area contributed by atoms with Crippen molar-refractivity contribution in [1.82, 2.24) is 30.5 Å². The van der Waals surface area contributed by atoms with Gasteiger partial charge in [-0.05, 0) is 13.0 Å². The van der Waals surface area contributed by atoms with E-state index >= 15 is 0 Å². The molecule has 3 aromatic rings. The van der Waals surface area contributed by atoms with Crippen LogP contribution >= 0.6 is 11.3 Å². The van der Waals surface area contributed by atoms with Crippen molar-refractivity contribution in [3.8, 4) is 0 Å². The summed E-state index contributed by atoms with van der Waals surface area (Å²) >= 11 is 1.67. The van der Waals surface area contributed by atoms with Crippen LogP contribution in [-0.2, 0) is 11.3 Å². The first-order valence-electron chi connectivity index (χ1n) is 8.11. The van der Waals surface area contributed by atoms with Crippen LogP contribution in [0.25, 0.3) is 11.0 Å². The lowest BCUT2D eigenvalue weighted by Gasteiger charge is -2.23. The van der Waals surface area contributed by atoms with E-state index in [1.54, 1.807) is 17.7 Å². The van der Waals surface area contributed by atoms with Gasteiger partial charge < -0.3 is 20.7 Å². The number of hydrogen-bond donors (Lipinski definition) is 4. The zero-order valence-electron chi connectivity index (χ0n) is 14.5. The standard InChI is InChI=1S/C13H15N7S.C2HF3O2/c1-7-2-9-11(16-6-17-12(9)18-7)15-5-10-19-20-13(21-10)8-3-14-4-8;3-2(4,5)1(6)7/h2,6,8,14H,3-5H2,1H3,(H2,15,16,17,18);(H,6,7). The predicted molar refractivity (Wildman–Crippen MR) is 95.2 cm³/mol. The monoisotopic (exact) mass is 415 g/mol. The maximum Gasteiger partial charge on any atom is 0.490 e. The number of anilines is 1. The van der Waals surface area contributed by atoms with Crippen LogP contribution in [0.5, 0.6) is 0 Å². The van der Waals surface area contributed by atoms with Crippen molar-refractivity contribution in [3.63, 3.8) is 0 Å². The maximum atomic E-state index is 10.6. The van der Waals surface area contributed by atoms with Crippen LogP contribution in [0, 0.1) is 6.92 Å². The minimum absolute atomic E-state index is 0.536. The minimum Gasteiger partial charge on any atom is -0.475 e. The minimum atomic E-state index is -5.08.